The molecule has 1 fully saturated rings. The molecule has 0 amide bonds. The molecule has 72 valence electrons. The normalized spacial score (nSPS) is 20.0. The van der Waals surface area contributed by atoms with Gasteiger partial charge in [-0.05, 0) is 45.7 Å². The van der Waals surface area contributed by atoms with Crippen molar-refractivity contribution in [2.75, 3.05) is 13.1 Å². The third-order valence-corrected chi connectivity index (χ3v) is 2.77. The van der Waals surface area contributed by atoms with Crippen LogP contribution in [0.1, 0.15) is 39.5 Å². The number of nitrogens with two attached hydrogens (primary N) is 1. The Kier molecular flexibility index (Phi) is 4.02. The lowest BCUT2D eigenvalue weighted by atomic mass is 10.1. The molecule has 1 saturated carbocycles. The SMILES string of the molecule is CCN(C(C)CCCN)C1CC1. The summed E-state index contributed by atoms with van der Waals surface area (Å²) in [4.78, 5) is 2.62. The van der Waals surface area contributed by atoms with Gasteiger partial charge in [-0.3, -0.25) is 4.90 Å². The molecule has 2 N–H and O–H groups in total. The summed E-state index contributed by atoms with van der Waals surface area (Å²) in [5.74, 6) is 0. The van der Waals surface area contributed by atoms with Crippen LogP contribution in [0.2, 0.25) is 0 Å². The standard InChI is InChI=1S/C10H22N2/c1-3-12(10-6-7-10)9(2)5-4-8-11/h9-10H,3-8,11H2,1-2H3. The maximum atomic E-state index is 5.49. The van der Waals surface area contributed by atoms with Crippen molar-refractivity contribution in [3.05, 3.63) is 0 Å². The van der Waals surface area contributed by atoms with E-state index in [9.17, 15) is 0 Å². The highest BCUT2D eigenvalue weighted by Crippen LogP contribution is 2.29. The van der Waals surface area contributed by atoms with Crippen molar-refractivity contribution in [3.63, 3.8) is 0 Å². The zero-order valence-corrected chi connectivity index (χ0v) is 8.42. The smallest absolute Gasteiger partial charge is 0.00991 e. The Labute approximate surface area is 76.1 Å². The molecule has 2 nitrogen and oxygen atoms in total. The second-order valence-electron chi connectivity index (χ2n) is 3.84. The van der Waals surface area contributed by atoms with Crippen molar-refractivity contribution in [1.82, 2.24) is 4.90 Å². The third kappa shape index (κ3) is 2.76. The molecule has 0 saturated heterocycles. The first-order valence-corrected chi connectivity index (χ1v) is 5.25. The molecule has 1 rings (SSSR count). The minimum atomic E-state index is 0.742. The average Bonchev–Trinajstić information content (AvgIpc) is 2.86. The minimum Gasteiger partial charge on any atom is -0.330 e. The summed E-state index contributed by atoms with van der Waals surface area (Å²) in [6, 6.07) is 1.65. The number of nitrogens with zero attached hydrogens (tertiary/aromatic N) is 1. The van der Waals surface area contributed by atoms with Crippen LogP contribution >= 0.6 is 0 Å². The summed E-state index contributed by atoms with van der Waals surface area (Å²) >= 11 is 0. The van der Waals surface area contributed by atoms with Crippen molar-refractivity contribution in [2.45, 2.75) is 51.6 Å². The number of hydrogen-bond donors (Lipinski definition) is 1. The second-order valence-corrected chi connectivity index (χ2v) is 3.84. The van der Waals surface area contributed by atoms with E-state index < -0.39 is 0 Å². The van der Waals surface area contributed by atoms with Gasteiger partial charge in [-0.25, -0.2) is 0 Å². The molecule has 2 heteroatoms. The maximum absolute atomic E-state index is 5.49. The Morgan fingerprint density at radius 3 is 2.58 bits per heavy atom. The van der Waals surface area contributed by atoms with Gasteiger partial charge in [0, 0.05) is 12.1 Å². The summed E-state index contributed by atoms with van der Waals surface area (Å²) in [6.45, 7) is 6.64. The Balaban J connectivity index is 2.21. The van der Waals surface area contributed by atoms with Crippen LogP contribution in [0.15, 0.2) is 0 Å². The Morgan fingerprint density at radius 1 is 1.50 bits per heavy atom. The zero-order chi connectivity index (χ0) is 8.97. The van der Waals surface area contributed by atoms with Gasteiger partial charge < -0.3 is 5.73 Å². The van der Waals surface area contributed by atoms with E-state index in [1.165, 1.54) is 32.2 Å². The van der Waals surface area contributed by atoms with E-state index in [2.05, 4.69) is 18.7 Å². The highest BCUT2D eigenvalue weighted by molar-refractivity contribution is 4.86. The van der Waals surface area contributed by atoms with Crippen LogP contribution in [0.4, 0.5) is 0 Å². The number of hydrogen-bond acceptors (Lipinski definition) is 2. The summed E-state index contributed by atoms with van der Waals surface area (Å²) < 4.78 is 0. The Morgan fingerprint density at radius 2 is 2.17 bits per heavy atom. The molecule has 1 unspecified atom stereocenters. The van der Waals surface area contributed by atoms with E-state index in [0.717, 1.165) is 18.6 Å². The molecule has 0 radical (unpaired) electrons. The molecule has 1 aliphatic rings. The van der Waals surface area contributed by atoms with Crippen molar-refractivity contribution in [2.24, 2.45) is 5.73 Å². The maximum Gasteiger partial charge on any atom is 0.00991 e. The summed E-state index contributed by atoms with van der Waals surface area (Å²) in [6.07, 6.45) is 5.27. The Hall–Kier alpha value is -0.0800. The van der Waals surface area contributed by atoms with Crippen LogP contribution < -0.4 is 5.73 Å². The lowest BCUT2D eigenvalue weighted by Crippen LogP contribution is -2.35. The van der Waals surface area contributed by atoms with Crippen molar-refractivity contribution in [3.8, 4) is 0 Å². The quantitative estimate of drug-likeness (QED) is 0.656. The van der Waals surface area contributed by atoms with Gasteiger partial charge in [-0.1, -0.05) is 6.92 Å². The zero-order valence-electron chi connectivity index (χ0n) is 8.42. The van der Waals surface area contributed by atoms with E-state index in [-0.39, 0.29) is 0 Å². The van der Waals surface area contributed by atoms with E-state index in [4.69, 9.17) is 5.73 Å². The van der Waals surface area contributed by atoms with Gasteiger partial charge >= 0.3 is 0 Å². The molecule has 0 heterocycles. The summed E-state index contributed by atoms with van der Waals surface area (Å²) in [5.41, 5.74) is 5.49. The highest BCUT2D eigenvalue weighted by Gasteiger charge is 2.30. The van der Waals surface area contributed by atoms with Crippen LogP contribution in [0.3, 0.4) is 0 Å². The van der Waals surface area contributed by atoms with E-state index in [1.54, 1.807) is 0 Å². The third-order valence-electron chi connectivity index (χ3n) is 2.77. The fourth-order valence-electron chi connectivity index (χ4n) is 1.92. The molecule has 1 aliphatic carbocycles. The second kappa shape index (κ2) is 4.83. The van der Waals surface area contributed by atoms with Crippen LogP contribution in [-0.2, 0) is 0 Å². The van der Waals surface area contributed by atoms with E-state index in [0.29, 0.717) is 0 Å². The topological polar surface area (TPSA) is 29.3 Å². The first-order valence-electron chi connectivity index (χ1n) is 5.25. The van der Waals surface area contributed by atoms with E-state index in [1.807, 2.05) is 0 Å². The van der Waals surface area contributed by atoms with Crippen molar-refractivity contribution < 1.29 is 0 Å². The summed E-state index contributed by atoms with van der Waals surface area (Å²) in [5, 5.41) is 0. The molecule has 0 spiro atoms. The molecule has 12 heavy (non-hydrogen) atoms. The molecule has 0 aromatic rings. The van der Waals surface area contributed by atoms with Gasteiger partial charge in [0.05, 0.1) is 0 Å². The van der Waals surface area contributed by atoms with E-state index >= 15 is 0 Å². The predicted octanol–water partition coefficient (Wildman–Crippen LogP) is 1.60. The van der Waals surface area contributed by atoms with Gasteiger partial charge in [-0.2, -0.15) is 0 Å². The van der Waals surface area contributed by atoms with Crippen molar-refractivity contribution >= 4 is 0 Å². The molecule has 0 aliphatic heterocycles. The van der Waals surface area contributed by atoms with Crippen molar-refractivity contribution in [1.29, 1.82) is 0 Å². The molecule has 0 bridgehead atoms. The molecule has 0 aromatic carbocycles. The van der Waals surface area contributed by atoms with Gasteiger partial charge in [0.1, 0.15) is 0 Å². The fourth-order valence-corrected chi connectivity index (χ4v) is 1.92. The monoisotopic (exact) mass is 170 g/mol. The summed E-state index contributed by atoms with van der Waals surface area (Å²) in [7, 11) is 0. The van der Waals surface area contributed by atoms with Crippen LogP contribution in [-0.4, -0.2) is 30.1 Å². The average molecular weight is 170 g/mol. The predicted molar refractivity (Wildman–Crippen MR) is 53.2 cm³/mol. The molecular weight excluding hydrogens is 148 g/mol. The number of rotatable bonds is 6. The molecule has 1 atom stereocenters. The van der Waals surface area contributed by atoms with Crippen LogP contribution in [0.5, 0.6) is 0 Å². The van der Waals surface area contributed by atoms with Crippen LogP contribution in [0, 0.1) is 0 Å². The van der Waals surface area contributed by atoms with Crippen LogP contribution in [0.25, 0.3) is 0 Å². The van der Waals surface area contributed by atoms with Gasteiger partial charge in [0.15, 0.2) is 0 Å². The highest BCUT2D eigenvalue weighted by atomic mass is 15.2. The largest absolute Gasteiger partial charge is 0.330 e. The molecule has 0 aromatic heterocycles. The lowest BCUT2D eigenvalue weighted by molar-refractivity contribution is 0.198. The molecular formula is C10H22N2. The van der Waals surface area contributed by atoms with Gasteiger partial charge in [0.2, 0.25) is 0 Å². The van der Waals surface area contributed by atoms with Gasteiger partial charge in [0.25, 0.3) is 0 Å². The fraction of sp³-hybridized carbons (Fsp3) is 1.00. The minimum absolute atomic E-state index is 0.742. The first-order chi connectivity index (χ1) is 5.79. The Bertz CT molecular complexity index is 121. The lowest BCUT2D eigenvalue weighted by Gasteiger charge is -2.27. The first kappa shape index (κ1) is 10.0. The van der Waals surface area contributed by atoms with Gasteiger partial charge in [-0.15, -0.1) is 0 Å².